The van der Waals surface area contributed by atoms with Gasteiger partial charge in [-0.2, -0.15) is 0 Å². The van der Waals surface area contributed by atoms with Gasteiger partial charge in [0.15, 0.2) is 0 Å². The summed E-state index contributed by atoms with van der Waals surface area (Å²) in [5, 5.41) is 12.3. The maximum Gasteiger partial charge on any atom is 0.246 e. The van der Waals surface area contributed by atoms with Gasteiger partial charge in [-0.3, -0.25) is 19.2 Å². The molecule has 2 aliphatic rings. The number of Topliss-reactive ketones (excluding diaryl/α,β-unsaturated/α-hetero) is 1. The molecule has 3 rings (SSSR count). The Bertz CT molecular complexity index is 807. The van der Waals surface area contributed by atoms with Gasteiger partial charge in [-0.1, -0.05) is 19.1 Å². The van der Waals surface area contributed by atoms with E-state index < -0.39 is 23.9 Å². The van der Waals surface area contributed by atoms with Crippen molar-refractivity contribution in [1.82, 2.24) is 10.2 Å². The largest absolute Gasteiger partial charge is 0.508 e. The Hall–Kier alpha value is -2.90. The van der Waals surface area contributed by atoms with Crippen LogP contribution in [0.3, 0.4) is 0 Å². The first-order chi connectivity index (χ1) is 13.8. The lowest BCUT2D eigenvalue weighted by molar-refractivity contribution is -0.141. The molecule has 1 heterocycles. The molecule has 4 atom stereocenters. The van der Waals surface area contributed by atoms with E-state index in [0.717, 1.165) is 5.56 Å². The van der Waals surface area contributed by atoms with Crippen LogP contribution in [-0.2, 0) is 25.6 Å². The van der Waals surface area contributed by atoms with Gasteiger partial charge in [-0.15, -0.1) is 0 Å². The van der Waals surface area contributed by atoms with E-state index in [1.807, 2.05) is 6.92 Å². The molecular formula is C21H27N3O5. The number of hydrogen-bond donors (Lipinski definition) is 3. The maximum atomic E-state index is 13.2. The van der Waals surface area contributed by atoms with Crippen LogP contribution in [0.5, 0.6) is 5.75 Å². The Morgan fingerprint density at radius 1 is 1.24 bits per heavy atom. The van der Waals surface area contributed by atoms with E-state index >= 15 is 0 Å². The molecule has 0 spiro atoms. The molecular weight excluding hydrogens is 374 g/mol. The Morgan fingerprint density at radius 3 is 2.52 bits per heavy atom. The fourth-order valence-electron chi connectivity index (χ4n) is 4.26. The Kier molecular flexibility index (Phi) is 6.20. The minimum atomic E-state index is -0.880. The summed E-state index contributed by atoms with van der Waals surface area (Å²) in [7, 11) is 0. The lowest BCUT2D eigenvalue weighted by Gasteiger charge is -2.29. The standard InChI is InChI=1S/C21H27N3O5/c1-12-9-15(26)11-16(12)20(28)23-17(10-13-4-6-14(25)7-5-13)21(29)24-8-2-3-18(24)19(22)27/h4-7,12,16-18,25H,2-3,8-11H2,1H3,(H2,22,27)(H,23,28)/t12-,16+,17-,18-/m0/s1. The molecule has 156 valence electrons. The number of likely N-dealkylation sites (tertiary alicyclic amines) is 1. The van der Waals surface area contributed by atoms with Gasteiger partial charge in [0.25, 0.3) is 0 Å². The van der Waals surface area contributed by atoms with Crippen LogP contribution in [0.2, 0.25) is 0 Å². The number of carbonyl (C=O) groups is 4. The molecule has 8 nitrogen and oxygen atoms in total. The summed E-state index contributed by atoms with van der Waals surface area (Å²) >= 11 is 0. The fraction of sp³-hybridized carbons (Fsp3) is 0.524. The number of phenols is 1. The summed E-state index contributed by atoms with van der Waals surface area (Å²) in [6.45, 7) is 2.27. The molecule has 1 aromatic carbocycles. The fourth-order valence-corrected chi connectivity index (χ4v) is 4.26. The number of carbonyl (C=O) groups excluding carboxylic acids is 4. The van der Waals surface area contributed by atoms with Gasteiger partial charge in [0, 0.05) is 31.7 Å². The van der Waals surface area contributed by atoms with Crippen LogP contribution in [-0.4, -0.2) is 52.1 Å². The number of phenolic OH excluding ortho intramolecular Hbond substituents is 1. The van der Waals surface area contributed by atoms with E-state index in [9.17, 15) is 24.3 Å². The van der Waals surface area contributed by atoms with Crippen LogP contribution in [0.25, 0.3) is 0 Å². The van der Waals surface area contributed by atoms with Gasteiger partial charge in [0.05, 0.1) is 0 Å². The van der Waals surface area contributed by atoms with Gasteiger partial charge in [0.1, 0.15) is 23.6 Å². The number of nitrogens with two attached hydrogens (primary N) is 1. The Morgan fingerprint density at radius 2 is 1.93 bits per heavy atom. The van der Waals surface area contributed by atoms with Gasteiger partial charge in [-0.05, 0) is 36.5 Å². The molecule has 1 aromatic rings. The second-order valence-corrected chi connectivity index (χ2v) is 8.05. The number of amides is 3. The lowest BCUT2D eigenvalue weighted by Crippen LogP contribution is -2.54. The minimum Gasteiger partial charge on any atom is -0.508 e. The summed E-state index contributed by atoms with van der Waals surface area (Å²) in [5.41, 5.74) is 6.20. The summed E-state index contributed by atoms with van der Waals surface area (Å²) in [6.07, 6.45) is 1.94. The third kappa shape index (κ3) is 4.75. The third-order valence-corrected chi connectivity index (χ3v) is 5.88. The molecule has 1 saturated heterocycles. The van der Waals surface area contributed by atoms with Crippen LogP contribution >= 0.6 is 0 Å². The second-order valence-electron chi connectivity index (χ2n) is 8.05. The zero-order valence-corrected chi connectivity index (χ0v) is 16.5. The zero-order chi connectivity index (χ0) is 21.1. The smallest absolute Gasteiger partial charge is 0.246 e. The molecule has 2 fully saturated rings. The van der Waals surface area contributed by atoms with Gasteiger partial charge in [-0.25, -0.2) is 0 Å². The quantitative estimate of drug-likeness (QED) is 0.639. The summed E-state index contributed by atoms with van der Waals surface area (Å²) in [6, 6.07) is 4.83. The maximum absolute atomic E-state index is 13.2. The molecule has 0 unspecified atom stereocenters. The van der Waals surface area contributed by atoms with Crippen LogP contribution in [0, 0.1) is 11.8 Å². The van der Waals surface area contributed by atoms with Crippen LogP contribution in [0.4, 0.5) is 0 Å². The second kappa shape index (κ2) is 8.63. The average Bonchev–Trinajstić information content (AvgIpc) is 3.28. The van der Waals surface area contributed by atoms with E-state index in [4.69, 9.17) is 5.73 Å². The van der Waals surface area contributed by atoms with Crippen molar-refractivity contribution >= 4 is 23.5 Å². The molecule has 1 aliphatic heterocycles. The normalized spacial score (nSPS) is 25.1. The molecule has 0 radical (unpaired) electrons. The first kappa shape index (κ1) is 20.8. The number of primary amides is 1. The van der Waals surface area contributed by atoms with Crippen LogP contribution in [0.15, 0.2) is 24.3 Å². The lowest BCUT2D eigenvalue weighted by atomic mass is 9.96. The Balaban J connectivity index is 1.80. The highest BCUT2D eigenvalue weighted by Gasteiger charge is 2.39. The number of aromatic hydroxyl groups is 1. The van der Waals surface area contributed by atoms with Crippen LogP contribution < -0.4 is 11.1 Å². The predicted molar refractivity (Wildman–Crippen MR) is 105 cm³/mol. The van der Waals surface area contributed by atoms with Gasteiger partial charge in [0.2, 0.25) is 17.7 Å². The first-order valence-corrected chi connectivity index (χ1v) is 9.96. The highest BCUT2D eigenvalue weighted by molar-refractivity contribution is 5.95. The van der Waals surface area contributed by atoms with Gasteiger partial charge < -0.3 is 21.1 Å². The first-order valence-electron chi connectivity index (χ1n) is 9.96. The molecule has 1 saturated carbocycles. The van der Waals surface area contributed by atoms with Crippen molar-refractivity contribution in [3.05, 3.63) is 29.8 Å². The number of hydrogen-bond acceptors (Lipinski definition) is 5. The summed E-state index contributed by atoms with van der Waals surface area (Å²) in [5.74, 6) is -1.61. The number of nitrogens with zero attached hydrogens (tertiary/aromatic N) is 1. The highest BCUT2D eigenvalue weighted by atomic mass is 16.3. The van der Waals surface area contributed by atoms with Crippen molar-refractivity contribution < 1.29 is 24.3 Å². The molecule has 29 heavy (non-hydrogen) atoms. The third-order valence-electron chi connectivity index (χ3n) is 5.88. The minimum absolute atomic E-state index is 0.0485. The monoisotopic (exact) mass is 401 g/mol. The van der Waals surface area contributed by atoms with Crippen molar-refractivity contribution in [2.45, 2.75) is 51.1 Å². The number of ketones is 1. The van der Waals surface area contributed by atoms with E-state index in [2.05, 4.69) is 5.32 Å². The van der Waals surface area contributed by atoms with E-state index in [0.29, 0.717) is 25.8 Å². The van der Waals surface area contributed by atoms with Crippen molar-refractivity contribution in [1.29, 1.82) is 0 Å². The van der Waals surface area contributed by atoms with Crippen molar-refractivity contribution in [3.8, 4) is 5.75 Å². The van der Waals surface area contributed by atoms with Crippen molar-refractivity contribution in [2.75, 3.05) is 6.54 Å². The summed E-state index contributed by atoms with van der Waals surface area (Å²) < 4.78 is 0. The topological polar surface area (TPSA) is 130 Å². The number of rotatable bonds is 6. The molecule has 1 aliphatic carbocycles. The van der Waals surface area contributed by atoms with Gasteiger partial charge >= 0.3 is 0 Å². The average molecular weight is 401 g/mol. The van der Waals surface area contributed by atoms with E-state index in [1.165, 1.54) is 17.0 Å². The molecule has 4 N–H and O–H groups in total. The molecule has 3 amide bonds. The predicted octanol–water partition coefficient (Wildman–Crippen LogP) is 0.511. The number of nitrogens with one attached hydrogen (secondary N) is 1. The molecule has 0 aromatic heterocycles. The molecule has 0 bridgehead atoms. The Labute approximate surface area is 169 Å². The highest BCUT2D eigenvalue weighted by Crippen LogP contribution is 2.29. The van der Waals surface area contributed by atoms with E-state index in [-0.39, 0.29) is 42.1 Å². The number of benzene rings is 1. The zero-order valence-electron chi connectivity index (χ0n) is 16.5. The van der Waals surface area contributed by atoms with Crippen molar-refractivity contribution in [2.24, 2.45) is 17.6 Å². The van der Waals surface area contributed by atoms with E-state index in [1.54, 1.807) is 12.1 Å². The summed E-state index contributed by atoms with van der Waals surface area (Å²) in [4.78, 5) is 50.9. The molecule has 8 heteroatoms. The SMILES string of the molecule is C[C@H]1CC(=O)C[C@H]1C(=O)N[C@@H](Cc1ccc(O)cc1)C(=O)N1CCC[C@H]1C(N)=O. The van der Waals surface area contributed by atoms with Crippen molar-refractivity contribution in [3.63, 3.8) is 0 Å². The van der Waals surface area contributed by atoms with Crippen LogP contribution in [0.1, 0.15) is 38.2 Å².